The number of carboxylic acids is 1. The molecule has 0 amide bonds. The summed E-state index contributed by atoms with van der Waals surface area (Å²) in [6.07, 6.45) is 2.49. The lowest BCUT2D eigenvalue weighted by molar-refractivity contribution is 0.0697. The minimum Gasteiger partial charge on any atom is -0.478 e. The van der Waals surface area contributed by atoms with E-state index in [-0.39, 0.29) is 0 Å². The van der Waals surface area contributed by atoms with Crippen LogP contribution in [0, 0.1) is 0 Å². The standard InChI is InChI=1S/C15H19BrN2O2/c1-10-8-17-6-2-3-12(17)9-18(10)14-5-4-11(16)7-13(14)15(19)20/h4-5,7,10,12H,2-3,6,8-9H2,1H3,(H,19,20). The number of carbonyl (C=O) groups is 1. The highest BCUT2D eigenvalue weighted by Gasteiger charge is 2.35. The summed E-state index contributed by atoms with van der Waals surface area (Å²) in [4.78, 5) is 16.3. The molecule has 2 atom stereocenters. The monoisotopic (exact) mass is 338 g/mol. The average molecular weight is 339 g/mol. The van der Waals surface area contributed by atoms with Crippen LogP contribution in [-0.4, -0.2) is 47.7 Å². The molecule has 0 saturated carbocycles. The number of piperazine rings is 1. The third-order valence-electron chi connectivity index (χ3n) is 4.44. The first kappa shape index (κ1) is 13.9. The fourth-order valence-electron chi connectivity index (χ4n) is 3.45. The van der Waals surface area contributed by atoms with Crippen molar-refractivity contribution in [1.29, 1.82) is 0 Å². The molecule has 1 aromatic rings. The predicted molar refractivity (Wildman–Crippen MR) is 82.5 cm³/mol. The van der Waals surface area contributed by atoms with Gasteiger partial charge in [0, 0.05) is 29.6 Å². The quantitative estimate of drug-likeness (QED) is 0.900. The minimum atomic E-state index is -0.859. The Morgan fingerprint density at radius 3 is 2.95 bits per heavy atom. The Morgan fingerprint density at radius 1 is 1.40 bits per heavy atom. The molecule has 108 valence electrons. The van der Waals surface area contributed by atoms with E-state index in [1.54, 1.807) is 6.07 Å². The van der Waals surface area contributed by atoms with Crippen molar-refractivity contribution in [2.75, 3.05) is 24.5 Å². The highest BCUT2D eigenvalue weighted by molar-refractivity contribution is 9.10. The molecule has 0 radical (unpaired) electrons. The Hall–Kier alpha value is -1.07. The Bertz CT molecular complexity index is 535. The molecule has 1 aromatic carbocycles. The molecule has 0 bridgehead atoms. The first-order chi connectivity index (χ1) is 9.56. The summed E-state index contributed by atoms with van der Waals surface area (Å²) in [5, 5.41) is 9.44. The Morgan fingerprint density at radius 2 is 2.20 bits per heavy atom. The van der Waals surface area contributed by atoms with Gasteiger partial charge in [0.05, 0.1) is 11.3 Å². The van der Waals surface area contributed by atoms with Crippen molar-refractivity contribution in [3.05, 3.63) is 28.2 Å². The SMILES string of the molecule is CC1CN2CCCC2CN1c1ccc(Br)cc1C(=O)O. The van der Waals surface area contributed by atoms with Crippen LogP contribution in [0.3, 0.4) is 0 Å². The summed E-state index contributed by atoms with van der Waals surface area (Å²) >= 11 is 3.36. The van der Waals surface area contributed by atoms with E-state index in [0.29, 0.717) is 17.6 Å². The van der Waals surface area contributed by atoms with Gasteiger partial charge in [0.1, 0.15) is 0 Å². The van der Waals surface area contributed by atoms with E-state index in [0.717, 1.165) is 23.2 Å². The molecule has 2 aliphatic rings. The second-order valence-electron chi connectivity index (χ2n) is 5.76. The summed E-state index contributed by atoms with van der Waals surface area (Å²) in [5.41, 5.74) is 1.23. The third-order valence-corrected chi connectivity index (χ3v) is 4.93. The third kappa shape index (κ3) is 2.44. The zero-order valence-electron chi connectivity index (χ0n) is 11.6. The van der Waals surface area contributed by atoms with Crippen molar-refractivity contribution in [3.63, 3.8) is 0 Å². The summed E-state index contributed by atoms with van der Waals surface area (Å²) < 4.78 is 0.811. The summed E-state index contributed by atoms with van der Waals surface area (Å²) in [5.74, 6) is -0.859. The Kier molecular flexibility index (Phi) is 3.73. The van der Waals surface area contributed by atoms with Crippen LogP contribution in [-0.2, 0) is 0 Å². The highest BCUT2D eigenvalue weighted by atomic mass is 79.9. The van der Waals surface area contributed by atoms with Crippen LogP contribution < -0.4 is 4.90 Å². The van der Waals surface area contributed by atoms with Gasteiger partial charge < -0.3 is 10.0 Å². The zero-order valence-corrected chi connectivity index (χ0v) is 13.1. The second kappa shape index (κ2) is 5.37. The molecule has 2 saturated heterocycles. The molecule has 3 rings (SSSR count). The van der Waals surface area contributed by atoms with E-state index in [2.05, 4.69) is 32.7 Å². The van der Waals surface area contributed by atoms with Gasteiger partial charge >= 0.3 is 5.97 Å². The minimum absolute atomic E-state index is 0.351. The number of halogens is 1. The van der Waals surface area contributed by atoms with Crippen LogP contribution in [0.25, 0.3) is 0 Å². The van der Waals surface area contributed by atoms with Gasteiger partial charge in [-0.25, -0.2) is 4.79 Å². The summed E-state index contributed by atoms with van der Waals surface area (Å²) in [7, 11) is 0. The van der Waals surface area contributed by atoms with Crippen molar-refractivity contribution in [2.24, 2.45) is 0 Å². The molecule has 5 heteroatoms. The van der Waals surface area contributed by atoms with E-state index < -0.39 is 5.97 Å². The lowest BCUT2D eigenvalue weighted by atomic mass is 10.0. The molecule has 0 aliphatic carbocycles. The van der Waals surface area contributed by atoms with Crippen molar-refractivity contribution in [3.8, 4) is 0 Å². The molecule has 2 fully saturated rings. The topological polar surface area (TPSA) is 43.8 Å². The smallest absolute Gasteiger partial charge is 0.337 e. The molecule has 2 heterocycles. The number of hydrogen-bond acceptors (Lipinski definition) is 3. The first-order valence-electron chi connectivity index (χ1n) is 7.10. The van der Waals surface area contributed by atoms with Gasteiger partial charge in [-0.1, -0.05) is 15.9 Å². The number of benzene rings is 1. The zero-order chi connectivity index (χ0) is 14.3. The highest BCUT2D eigenvalue weighted by Crippen LogP contribution is 2.32. The fraction of sp³-hybridized carbons (Fsp3) is 0.533. The van der Waals surface area contributed by atoms with Gasteiger partial charge in [0.15, 0.2) is 0 Å². The first-order valence-corrected chi connectivity index (χ1v) is 7.89. The summed E-state index contributed by atoms with van der Waals surface area (Å²) in [6, 6.07) is 6.48. The predicted octanol–water partition coefficient (Wildman–Crippen LogP) is 2.82. The van der Waals surface area contributed by atoms with Crippen molar-refractivity contribution in [2.45, 2.75) is 31.8 Å². The van der Waals surface area contributed by atoms with Crippen LogP contribution in [0.15, 0.2) is 22.7 Å². The number of rotatable bonds is 2. The normalized spacial score (nSPS) is 26.6. The molecule has 20 heavy (non-hydrogen) atoms. The van der Waals surface area contributed by atoms with Crippen molar-refractivity contribution >= 4 is 27.6 Å². The van der Waals surface area contributed by atoms with E-state index in [9.17, 15) is 9.90 Å². The van der Waals surface area contributed by atoms with Crippen molar-refractivity contribution in [1.82, 2.24) is 4.90 Å². The number of hydrogen-bond donors (Lipinski definition) is 1. The van der Waals surface area contributed by atoms with Crippen LogP contribution in [0.2, 0.25) is 0 Å². The van der Waals surface area contributed by atoms with Gasteiger partial charge in [-0.15, -0.1) is 0 Å². The Labute approximate surface area is 127 Å². The molecule has 2 unspecified atom stereocenters. The maximum Gasteiger partial charge on any atom is 0.337 e. The van der Waals surface area contributed by atoms with Crippen LogP contribution in [0.1, 0.15) is 30.1 Å². The van der Waals surface area contributed by atoms with Crippen LogP contribution in [0.4, 0.5) is 5.69 Å². The number of nitrogens with zero attached hydrogens (tertiary/aromatic N) is 2. The van der Waals surface area contributed by atoms with E-state index >= 15 is 0 Å². The number of aromatic carboxylic acids is 1. The lowest BCUT2D eigenvalue weighted by Crippen LogP contribution is -2.55. The lowest BCUT2D eigenvalue weighted by Gasteiger charge is -2.44. The van der Waals surface area contributed by atoms with Crippen LogP contribution in [0.5, 0.6) is 0 Å². The molecule has 0 spiro atoms. The van der Waals surface area contributed by atoms with Gasteiger partial charge in [-0.05, 0) is 44.5 Å². The molecular weight excluding hydrogens is 320 g/mol. The Balaban J connectivity index is 1.93. The second-order valence-corrected chi connectivity index (χ2v) is 6.67. The largest absolute Gasteiger partial charge is 0.478 e. The van der Waals surface area contributed by atoms with Gasteiger partial charge in [-0.2, -0.15) is 0 Å². The molecule has 0 aromatic heterocycles. The molecular formula is C15H19BrN2O2. The maximum absolute atomic E-state index is 11.5. The average Bonchev–Trinajstić information content (AvgIpc) is 2.85. The number of anilines is 1. The van der Waals surface area contributed by atoms with Crippen molar-refractivity contribution < 1.29 is 9.90 Å². The van der Waals surface area contributed by atoms with Crippen LogP contribution >= 0.6 is 15.9 Å². The maximum atomic E-state index is 11.5. The van der Waals surface area contributed by atoms with E-state index in [1.807, 2.05) is 12.1 Å². The molecule has 1 N–H and O–H groups in total. The van der Waals surface area contributed by atoms with Gasteiger partial charge in [0.2, 0.25) is 0 Å². The van der Waals surface area contributed by atoms with Gasteiger partial charge in [0.25, 0.3) is 0 Å². The number of fused-ring (bicyclic) bond motifs is 1. The fourth-order valence-corrected chi connectivity index (χ4v) is 3.81. The summed E-state index contributed by atoms with van der Waals surface area (Å²) in [6.45, 7) is 5.33. The van der Waals surface area contributed by atoms with Gasteiger partial charge in [-0.3, -0.25) is 4.90 Å². The van der Waals surface area contributed by atoms with E-state index in [4.69, 9.17) is 0 Å². The molecule has 2 aliphatic heterocycles. The van der Waals surface area contributed by atoms with E-state index in [1.165, 1.54) is 19.4 Å². The number of carboxylic acid groups (broad SMARTS) is 1. The molecule has 4 nitrogen and oxygen atoms in total.